The fourth-order valence-electron chi connectivity index (χ4n) is 10.2. The molecule has 0 aliphatic rings. The van der Waals surface area contributed by atoms with E-state index in [0.717, 1.165) is 5.56 Å². The van der Waals surface area contributed by atoms with Crippen LogP contribution in [0, 0.1) is 12.3 Å². The third kappa shape index (κ3) is 31.7. The molecule has 0 fully saturated rings. The summed E-state index contributed by atoms with van der Waals surface area (Å²) in [4.78, 5) is 0. The smallest absolute Gasteiger partial charge is 0.418 e. The van der Waals surface area contributed by atoms with E-state index in [1.165, 1.54) is 81.4 Å². The molecule has 534 valence electrons. The van der Waals surface area contributed by atoms with Crippen molar-refractivity contribution in [1.82, 2.24) is 0 Å². The van der Waals surface area contributed by atoms with Crippen LogP contribution in [0.3, 0.4) is 0 Å². The largest absolute Gasteiger partial charge is 1.00 e. The number of nitrogen functional groups attached to an aromatic ring is 1. The second-order valence-corrected chi connectivity index (χ2v) is 36.5. The Kier molecular flexibility index (Phi) is 39.8. The Labute approximate surface area is 641 Å². The number of anilines is 1. The number of benzene rings is 13. The van der Waals surface area contributed by atoms with Crippen molar-refractivity contribution in [3.63, 3.8) is 0 Å². The van der Waals surface area contributed by atoms with Gasteiger partial charge in [-0.05, 0) is 111 Å². The monoisotopic (exact) mass is 1630 g/mol. The van der Waals surface area contributed by atoms with Gasteiger partial charge in [0, 0.05) is 23.4 Å². The molecule has 0 atom stereocenters. The van der Waals surface area contributed by atoms with Gasteiger partial charge in [-0.1, -0.05) is 376 Å². The molecule has 2 N–H and O–H groups in total. The Balaban J connectivity index is 0.000000243. The van der Waals surface area contributed by atoms with Gasteiger partial charge in [-0.3, -0.25) is 5.92 Å². The van der Waals surface area contributed by atoms with Gasteiger partial charge in [0.15, 0.2) is 0 Å². The minimum absolute atomic E-state index is 0. The van der Waals surface area contributed by atoms with Crippen molar-refractivity contribution in [2.75, 3.05) is 23.4 Å². The van der Waals surface area contributed by atoms with E-state index in [2.05, 4.69) is 370 Å². The summed E-state index contributed by atoms with van der Waals surface area (Å²) in [7, 11) is -14.5. The predicted octanol–water partition coefficient (Wildman–Crippen LogP) is 19.4. The molecule has 13 aromatic rings. The van der Waals surface area contributed by atoms with Gasteiger partial charge in [-0.25, -0.2) is 0 Å². The minimum atomic E-state index is -6.00. The molecule has 0 amide bonds. The van der Waals surface area contributed by atoms with Crippen LogP contribution in [0.4, 0.5) is 40.2 Å². The number of nitrogens with two attached hydrogens (primary N) is 1. The molecule has 0 radical (unpaired) electrons. The summed E-state index contributed by atoms with van der Waals surface area (Å²) in [6.07, 6.45) is 6.72. The van der Waals surface area contributed by atoms with E-state index in [9.17, 15) is 34.5 Å². The molecule has 13 aromatic carbocycles. The van der Waals surface area contributed by atoms with E-state index in [0.29, 0.717) is 5.69 Å². The Morgan fingerprint density at radius 2 is 0.320 bits per heavy atom. The average Bonchev–Trinajstić information content (AvgIpc) is 0.827. The molecule has 0 aromatic heterocycles. The Hall–Kier alpha value is -7.07. The summed E-state index contributed by atoms with van der Waals surface area (Å²) >= 11 is 0. The van der Waals surface area contributed by atoms with Crippen molar-refractivity contribution in [2.45, 2.75) is 0 Å². The molecular weight excluding hydrogens is 1560 g/mol. The predicted molar refractivity (Wildman–Crippen MR) is 426 cm³/mol. The van der Waals surface area contributed by atoms with Crippen LogP contribution in [-0.2, 0) is 51.2 Å². The fraction of sp³-hybridized carbons (Fsp3) is 0.0361. The Morgan fingerprint density at radius 3 is 0.417 bits per heavy atom. The normalized spacial score (nSPS) is 10.6. The van der Waals surface area contributed by atoms with Crippen molar-refractivity contribution in [3.8, 4) is 5.92 Å². The molecule has 0 unspecified atom stereocenters. The average molecular weight is 1630 g/mol. The summed E-state index contributed by atoms with van der Waals surface area (Å²) in [5, 5.41) is 17.5. The Bertz CT molecular complexity index is 3480. The minimum Gasteiger partial charge on any atom is -0.418 e. The summed E-state index contributed by atoms with van der Waals surface area (Å²) in [5.41, 5.74) is 6.86. The van der Waals surface area contributed by atoms with Gasteiger partial charge in [0.05, 0.1) is 0 Å². The fourth-order valence-corrected chi connectivity index (χ4v) is 29.6. The van der Waals surface area contributed by atoms with Crippen LogP contribution in [0.1, 0.15) is 5.56 Å². The molecule has 13 rings (SSSR count). The first kappa shape index (κ1) is 86.6. The molecular formula is C83H72B2Cu3F8NP6. The van der Waals surface area contributed by atoms with E-state index < -0.39 is 62.0 Å². The van der Waals surface area contributed by atoms with Gasteiger partial charge < -0.3 is 46.7 Å². The van der Waals surface area contributed by atoms with E-state index in [-0.39, 0.29) is 51.2 Å². The van der Waals surface area contributed by atoms with Crippen LogP contribution < -0.4 is 69.4 Å². The zero-order valence-electron chi connectivity index (χ0n) is 55.4. The molecule has 20 heteroatoms. The third-order valence-electron chi connectivity index (χ3n) is 14.7. The maximum absolute atomic E-state index is 9.75. The first-order valence-corrected chi connectivity index (χ1v) is 41.0. The van der Waals surface area contributed by atoms with Crippen LogP contribution in [0.15, 0.2) is 388 Å². The maximum atomic E-state index is 9.75. The molecule has 0 saturated carbocycles. The van der Waals surface area contributed by atoms with Crippen molar-refractivity contribution < 1.29 is 85.7 Å². The summed E-state index contributed by atoms with van der Waals surface area (Å²) in [6, 6.07) is 139. The molecule has 0 heterocycles. The van der Waals surface area contributed by atoms with E-state index in [1.54, 1.807) is 24.3 Å². The molecule has 0 bridgehead atoms. The van der Waals surface area contributed by atoms with Crippen molar-refractivity contribution in [3.05, 3.63) is 400 Å². The van der Waals surface area contributed by atoms with Crippen LogP contribution in [-0.4, -0.2) is 32.2 Å². The summed E-state index contributed by atoms with van der Waals surface area (Å²) in [6.45, 7) is 0. The third-order valence-corrected chi connectivity index (χ3v) is 32.6. The van der Waals surface area contributed by atoms with Gasteiger partial charge in [-0.15, -0.1) is 17.7 Å². The molecule has 103 heavy (non-hydrogen) atoms. The van der Waals surface area contributed by atoms with E-state index >= 15 is 0 Å². The number of hydrogen-bond acceptors (Lipinski definition) is 1. The first-order chi connectivity index (χ1) is 48.6. The second kappa shape index (κ2) is 47.4. The van der Waals surface area contributed by atoms with Gasteiger partial charge in [-0.2, -0.15) is 0 Å². The van der Waals surface area contributed by atoms with Crippen LogP contribution in [0.25, 0.3) is 0 Å². The van der Waals surface area contributed by atoms with Crippen LogP contribution in [0.2, 0.25) is 0 Å². The first-order valence-electron chi connectivity index (χ1n) is 31.9. The van der Waals surface area contributed by atoms with Crippen molar-refractivity contribution in [2.24, 2.45) is 0 Å². The number of halogens is 8. The molecule has 0 spiro atoms. The molecule has 0 aliphatic heterocycles. The zero-order chi connectivity index (χ0) is 70.6. The molecule has 0 saturated heterocycles. The number of rotatable bonds is 18. The van der Waals surface area contributed by atoms with Crippen LogP contribution >= 0.6 is 47.5 Å². The van der Waals surface area contributed by atoms with E-state index in [1.807, 2.05) is 0 Å². The number of hydrogen-bond donors (Lipinski definition) is 1. The Morgan fingerprint density at radius 1 is 0.214 bits per heavy atom. The second-order valence-electron chi connectivity index (χ2n) is 21.8. The van der Waals surface area contributed by atoms with Crippen molar-refractivity contribution >= 4 is 131 Å². The quantitative estimate of drug-likeness (QED) is 0.0227. The summed E-state index contributed by atoms with van der Waals surface area (Å²) in [5.74, 6) is 5.77. The summed E-state index contributed by atoms with van der Waals surface area (Å²) < 4.78 is 78.0. The van der Waals surface area contributed by atoms with Gasteiger partial charge in [0.25, 0.3) is 0 Å². The topological polar surface area (TPSA) is 26.0 Å². The molecule has 1 nitrogen and oxygen atoms in total. The standard InChI is InChI=1S/3C25H22P2.C8H6N.2BF4.3Cu/c3*1-5-13-22(14-6-1)26(23-15-7-2-8-16-23)21-27(24-17-9-3-10-18-24)25-19-11-4-12-20-25;1-2-7-3-5-8(9)6-4-7;2*2-1(3,4)5;;;/h3*1-20H,21H2;3-6H,9H2;;;;;/q;;;3*-1;3*+1. The van der Waals surface area contributed by atoms with Crippen molar-refractivity contribution in [1.29, 1.82) is 0 Å². The molecule has 0 aliphatic carbocycles. The van der Waals surface area contributed by atoms with E-state index in [4.69, 9.17) is 12.2 Å². The maximum Gasteiger partial charge on any atom is 1.00 e. The van der Waals surface area contributed by atoms with Gasteiger partial charge in [0.2, 0.25) is 0 Å². The SMILES string of the molecule is F[B-](F)(F)F.F[B-](F)(F)F.[C-]#Cc1ccc(N)cc1.[Cu+].[Cu+].[Cu+].c1ccc(P(CP(c2ccccc2)c2ccccc2)c2ccccc2)cc1.c1ccc(P(CP(c2ccccc2)c2ccccc2)c2ccccc2)cc1.c1ccc(P(CP(c2ccccc2)c2ccccc2)c2ccccc2)cc1. The van der Waals surface area contributed by atoms with Gasteiger partial charge in [0.1, 0.15) is 0 Å². The zero-order valence-corrected chi connectivity index (χ0v) is 63.6. The van der Waals surface area contributed by atoms with Crippen LogP contribution in [0.5, 0.6) is 0 Å². The van der Waals surface area contributed by atoms with Gasteiger partial charge >= 0.3 is 65.7 Å².